The first-order valence-corrected chi connectivity index (χ1v) is 7.48. The zero-order valence-electron chi connectivity index (χ0n) is 13.8. The second-order valence-electron chi connectivity index (χ2n) is 5.76. The van der Waals surface area contributed by atoms with E-state index in [9.17, 15) is 0 Å². The summed E-state index contributed by atoms with van der Waals surface area (Å²) in [4.78, 5) is 2.09. The molecule has 120 valence electrons. The van der Waals surface area contributed by atoms with Gasteiger partial charge in [0.05, 0.1) is 12.6 Å². The molecule has 0 aliphatic heterocycles. The van der Waals surface area contributed by atoms with Crippen LogP contribution < -0.4 is 0 Å². The molecule has 7 nitrogen and oxygen atoms in total. The van der Waals surface area contributed by atoms with Gasteiger partial charge < -0.3 is 8.98 Å². The highest BCUT2D eigenvalue weighted by atomic mass is 16.4. The number of hydrogen-bond donors (Lipinski definition) is 0. The van der Waals surface area contributed by atoms with Crippen molar-refractivity contribution in [2.45, 2.75) is 26.4 Å². The lowest BCUT2D eigenvalue weighted by Crippen LogP contribution is -2.23. The SMILES string of the molecule is Cc1cccc(-c2nnc(C(C)N(C)Cc3nncn3C)o2)c1. The Morgan fingerprint density at radius 2 is 2.09 bits per heavy atom. The Morgan fingerprint density at radius 1 is 1.26 bits per heavy atom. The van der Waals surface area contributed by atoms with Gasteiger partial charge in [-0.1, -0.05) is 17.7 Å². The molecule has 0 spiro atoms. The summed E-state index contributed by atoms with van der Waals surface area (Å²) in [5.74, 6) is 2.02. The fourth-order valence-corrected chi connectivity index (χ4v) is 2.30. The molecule has 1 atom stereocenters. The van der Waals surface area contributed by atoms with E-state index >= 15 is 0 Å². The summed E-state index contributed by atoms with van der Waals surface area (Å²) in [6.07, 6.45) is 1.69. The van der Waals surface area contributed by atoms with Crippen molar-refractivity contribution in [3.8, 4) is 11.5 Å². The second kappa shape index (κ2) is 6.29. The third kappa shape index (κ3) is 3.29. The second-order valence-corrected chi connectivity index (χ2v) is 5.76. The van der Waals surface area contributed by atoms with E-state index in [4.69, 9.17) is 4.42 Å². The van der Waals surface area contributed by atoms with Crippen LogP contribution in [-0.2, 0) is 13.6 Å². The molecular formula is C16H20N6O. The molecule has 0 aliphatic carbocycles. The molecular weight excluding hydrogens is 292 g/mol. The average molecular weight is 312 g/mol. The van der Waals surface area contributed by atoms with Gasteiger partial charge in [0.15, 0.2) is 0 Å². The number of aryl methyl sites for hydroxylation is 2. The quantitative estimate of drug-likeness (QED) is 0.720. The van der Waals surface area contributed by atoms with E-state index < -0.39 is 0 Å². The van der Waals surface area contributed by atoms with E-state index in [-0.39, 0.29) is 6.04 Å². The minimum atomic E-state index is -0.0160. The van der Waals surface area contributed by atoms with Crippen LogP contribution in [0.2, 0.25) is 0 Å². The van der Waals surface area contributed by atoms with Gasteiger partial charge in [0.25, 0.3) is 0 Å². The number of aromatic nitrogens is 5. The minimum Gasteiger partial charge on any atom is -0.419 e. The van der Waals surface area contributed by atoms with E-state index in [0.29, 0.717) is 18.3 Å². The lowest BCUT2D eigenvalue weighted by atomic mass is 10.1. The molecule has 0 radical (unpaired) electrons. The van der Waals surface area contributed by atoms with Crippen molar-refractivity contribution in [1.82, 2.24) is 29.9 Å². The van der Waals surface area contributed by atoms with E-state index in [0.717, 1.165) is 17.0 Å². The van der Waals surface area contributed by atoms with Crippen LogP contribution in [0.15, 0.2) is 35.0 Å². The Kier molecular flexibility index (Phi) is 4.20. The number of benzene rings is 1. The van der Waals surface area contributed by atoms with Crippen LogP contribution in [0, 0.1) is 6.92 Å². The molecule has 23 heavy (non-hydrogen) atoms. The first kappa shape index (κ1) is 15.4. The molecule has 0 bridgehead atoms. The van der Waals surface area contributed by atoms with Gasteiger partial charge in [0.1, 0.15) is 12.2 Å². The van der Waals surface area contributed by atoms with Gasteiger partial charge in [-0.3, -0.25) is 4.90 Å². The molecule has 0 saturated heterocycles. The number of rotatable bonds is 5. The van der Waals surface area contributed by atoms with Crippen LogP contribution in [0.5, 0.6) is 0 Å². The number of nitrogens with zero attached hydrogens (tertiary/aromatic N) is 6. The Hall–Kier alpha value is -2.54. The fourth-order valence-electron chi connectivity index (χ4n) is 2.30. The fraction of sp³-hybridized carbons (Fsp3) is 0.375. The maximum atomic E-state index is 5.85. The zero-order valence-corrected chi connectivity index (χ0v) is 13.8. The Labute approximate surface area is 135 Å². The van der Waals surface area contributed by atoms with Gasteiger partial charge in [-0.05, 0) is 33.0 Å². The molecule has 0 aliphatic rings. The smallest absolute Gasteiger partial charge is 0.247 e. The standard InChI is InChI=1S/C16H20N6O/c1-11-6-5-7-13(8-11)16-20-19-15(23-16)12(2)21(3)9-14-18-17-10-22(14)4/h5-8,10,12H,9H2,1-4H3. The average Bonchev–Trinajstić information content (AvgIpc) is 3.16. The summed E-state index contributed by atoms with van der Waals surface area (Å²) in [5, 5.41) is 16.4. The largest absolute Gasteiger partial charge is 0.419 e. The van der Waals surface area contributed by atoms with Gasteiger partial charge >= 0.3 is 0 Å². The zero-order chi connectivity index (χ0) is 16.4. The normalized spacial score (nSPS) is 12.7. The van der Waals surface area contributed by atoms with Crippen LogP contribution in [0.3, 0.4) is 0 Å². The summed E-state index contributed by atoms with van der Waals surface area (Å²) in [6, 6.07) is 8.01. The lowest BCUT2D eigenvalue weighted by Gasteiger charge is -2.20. The molecule has 3 rings (SSSR count). The first-order chi connectivity index (χ1) is 11.0. The van der Waals surface area contributed by atoms with Crippen molar-refractivity contribution in [2.24, 2.45) is 7.05 Å². The maximum Gasteiger partial charge on any atom is 0.247 e. The molecule has 3 aromatic rings. The van der Waals surface area contributed by atoms with Gasteiger partial charge in [0, 0.05) is 12.6 Å². The van der Waals surface area contributed by atoms with Gasteiger partial charge in [-0.2, -0.15) is 0 Å². The monoisotopic (exact) mass is 312 g/mol. The highest BCUT2D eigenvalue weighted by Gasteiger charge is 2.20. The van der Waals surface area contributed by atoms with Crippen LogP contribution in [-0.4, -0.2) is 36.9 Å². The molecule has 7 heteroatoms. The van der Waals surface area contributed by atoms with Gasteiger partial charge in [-0.25, -0.2) is 0 Å². The van der Waals surface area contributed by atoms with E-state index in [1.54, 1.807) is 6.33 Å². The summed E-state index contributed by atoms with van der Waals surface area (Å²) < 4.78 is 7.75. The minimum absolute atomic E-state index is 0.0160. The van der Waals surface area contributed by atoms with Crippen molar-refractivity contribution >= 4 is 0 Å². The van der Waals surface area contributed by atoms with Crippen molar-refractivity contribution in [3.63, 3.8) is 0 Å². The topological polar surface area (TPSA) is 72.9 Å². The van der Waals surface area contributed by atoms with Crippen molar-refractivity contribution in [1.29, 1.82) is 0 Å². The summed E-state index contributed by atoms with van der Waals surface area (Å²) in [5.41, 5.74) is 2.10. The molecule has 0 N–H and O–H groups in total. The molecule has 1 unspecified atom stereocenters. The van der Waals surface area contributed by atoms with E-state index in [1.807, 2.05) is 56.8 Å². The molecule has 0 amide bonds. The van der Waals surface area contributed by atoms with Crippen molar-refractivity contribution < 1.29 is 4.42 Å². The highest BCUT2D eigenvalue weighted by Crippen LogP contribution is 2.24. The van der Waals surface area contributed by atoms with Crippen LogP contribution >= 0.6 is 0 Å². The van der Waals surface area contributed by atoms with E-state index in [1.165, 1.54) is 0 Å². The lowest BCUT2D eigenvalue weighted by molar-refractivity contribution is 0.211. The Morgan fingerprint density at radius 3 is 2.78 bits per heavy atom. The maximum absolute atomic E-state index is 5.85. The Balaban J connectivity index is 1.75. The molecule has 0 saturated carbocycles. The van der Waals surface area contributed by atoms with Gasteiger partial charge in [0.2, 0.25) is 11.8 Å². The molecule has 1 aromatic carbocycles. The van der Waals surface area contributed by atoms with Crippen molar-refractivity contribution in [3.05, 3.63) is 47.9 Å². The van der Waals surface area contributed by atoms with Gasteiger partial charge in [-0.15, -0.1) is 20.4 Å². The summed E-state index contributed by atoms with van der Waals surface area (Å²) >= 11 is 0. The third-order valence-corrected chi connectivity index (χ3v) is 3.92. The third-order valence-electron chi connectivity index (χ3n) is 3.92. The summed E-state index contributed by atoms with van der Waals surface area (Å²) in [6.45, 7) is 4.72. The first-order valence-electron chi connectivity index (χ1n) is 7.48. The summed E-state index contributed by atoms with van der Waals surface area (Å²) in [7, 11) is 3.92. The van der Waals surface area contributed by atoms with Crippen LogP contribution in [0.1, 0.15) is 30.2 Å². The highest BCUT2D eigenvalue weighted by molar-refractivity contribution is 5.53. The molecule has 2 heterocycles. The predicted molar refractivity (Wildman–Crippen MR) is 85.4 cm³/mol. The van der Waals surface area contributed by atoms with Crippen molar-refractivity contribution in [2.75, 3.05) is 7.05 Å². The molecule has 2 aromatic heterocycles. The number of hydrogen-bond acceptors (Lipinski definition) is 6. The van der Waals surface area contributed by atoms with E-state index in [2.05, 4.69) is 25.3 Å². The molecule has 0 fully saturated rings. The van der Waals surface area contributed by atoms with Crippen LogP contribution in [0.4, 0.5) is 0 Å². The Bertz CT molecular complexity index is 793. The predicted octanol–water partition coefficient (Wildman–Crippen LogP) is 2.37. The van der Waals surface area contributed by atoms with Crippen LogP contribution in [0.25, 0.3) is 11.5 Å².